The van der Waals surface area contributed by atoms with Gasteiger partial charge >= 0.3 is 0 Å². The van der Waals surface area contributed by atoms with Gasteiger partial charge in [-0.15, -0.1) is 0 Å². The van der Waals surface area contributed by atoms with E-state index >= 15 is 0 Å². The van der Waals surface area contributed by atoms with E-state index in [2.05, 4.69) is 5.32 Å². The minimum absolute atomic E-state index is 0.193. The van der Waals surface area contributed by atoms with Crippen molar-refractivity contribution in [3.8, 4) is 0 Å². The van der Waals surface area contributed by atoms with Crippen LogP contribution in [0.15, 0.2) is 18.2 Å². The first-order valence-corrected chi connectivity index (χ1v) is 7.18. The van der Waals surface area contributed by atoms with Gasteiger partial charge in [0.15, 0.2) is 0 Å². The molecule has 0 spiro atoms. The highest BCUT2D eigenvalue weighted by molar-refractivity contribution is 7.80. The zero-order chi connectivity index (χ0) is 14.0. The van der Waals surface area contributed by atoms with Crippen molar-refractivity contribution < 1.29 is 4.79 Å². The third kappa shape index (κ3) is 2.86. The molecule has 2 rings (SSSR count). The Hall–Kier alpha value is -0.840. The van der Waals surface area contributed by atoms with Crippen molar-refractivity contribution in [1.82, 2.24) is 0 Å². The van der Waals surface area contributed by atoms with Gasteiger partial charge in [0.05, 0.1) is 21.1 Å². The van der Waals surface area contributed by atoms with Crippen molar-refractivity contribution in [3.05, 3.63) is 28.2 Å². The normalized spacial score (nSPS) is 17.2. The minimum Gasteiger partial charge on any atom is -0.392 e. The summed E-state index contributed by atoms with van der Waals surface area (Å²) in [7, 11) is 0. The quantitative estimate of drug-likeness (QED) is 0.834. The van der Waals surface area contributed by atoms with E-state index in [0.29, 0.717) is 28.6 Å². The lowest BCUT2D eigenvalue weighted by molar-refractivity contribution is -0.122. The summed E-state index contributed by atoms with van der Waals surface area (Å²) >= 11 is 17.0. The standard InChI is InChI=1S/C13H14Cl2N2OS/c14-8-3-4-9(15)10(7-8)17-12(18)13(11(16)19)5-1-2-6-13/h3-4,7H,1-2,5-6H2,(H2,16,19)(H,17,18). The summed E-state index contributed by atoms with van der Waals surface area (Å²) in [6, 6.07) is 4.92. The number of thiocarbonyl (C=S) groups is 1. The second-order valence-corrected chi connectivity index (χ2v) is 6.02. The van der Waals surface area contributed by atoms with E-state index in [1.807, 2.05) is 0 Å². The second kappa shape index (κ2) is 5.65. The van der Waals surface area contributed by atoms with E-state index in [1.54, 1.807) is 18.2 Å². The second-order valence-electron chi connectivity index (χ2n) is 4.73. The Morgan fingerprint density at radius 2 is 1.95 bits per heavy atom. The van der Waals surface area contributed by atoms with Crippen LogP contribution in [-0.4, -0.2) is 10.9 Å². The molecule has 1 amide bonds. The molecular formula is C13H14Cl2N2OS. The van der Waals surface area contributed by atoms with Gasteiger partial charge in [-0.05, 0) is 31.0 Å². The van der Waals surface area contributed by atoms with Crippen LogP contribution in [0.2, 0.25) is 10.0 Å². The van der Waals surface area contributed by atoms with Crippen LogP contribution in [0.4, 0.5) is 5.69 Å². The Kier molecular flexibility index (Phi) is 4.33. The highest BCUT2D eigenvalue weighted by Gasteiger charge is 2.44. The molecule has 6 heteroatoms. The van der Waals surface area contributed by atoms with E-state index in [0.717, 1.165) is 12.8 Å². The van der Waals surface area contributed by atoms with Crippen LogP contribution in [0.3, 0.4) is 0 Å². The lowest BCUT2D eigenvalue weighted by Crippen LogP contribution is -2.44. The van der Waals surface area contributed by atoms with Crippen molar-refractivity contribution in [3.63, 3.8) is 0 Å². The number of halogens is 2. The number of nitrogens with two attached hydrogens (primary N) is 1. The summed E-state index contributed by atoms with van der Waals surface area (Å²) in [5.74, 6) is -0.193. The molecule has 0 radical (unpaired) electrons. The zero-order valence-corrected chi connectivity index (χ0v) is 12.5. The molecule has 1 aliphatic rings. The maximum atomic E-state index is 12.5. The topological polar surface area (TPSA) is 55.1 Å². The fourth-order valence-electron chi connectivity index (χ4n) is 2.40. The fraction of sp³-hybridized carbons (Fsp3) is 0.385. The molecule has 0 aliphatic heterocycles. The first kappa shape index (κ1) is 14.6. The van der Waals surface area contributed by atoms with Crippen molar-refractivity contribution in [1.29, 1.82) is 0 Å². The molecule has 1 aliphatic carbocycles. The van der Waals surface area contributed by atoms with Gasteiger partial charge in [-0.3, -0.25) is 4.79 Å². The van der Waals surface area contributed by atoms with Crippen molar-refractivity contribution >= 4 is 52.0 Å². The Morgan fingerprint density at radius 1 is 1.32 bits per heavy atom. The van der Waals surface area contributed by atoms with E-state index in [4.69, 9.17) is 41.2 Å². The van der Waals surface area contributed by atoms with Crippen LogP contribution in [0.1, 0.15) is 25.7 Å². The summed E-state index contributed by atoms with van der Waals surface area (Å²) in [6.07, 6.45) is 3.28. The van der Waals surface area contributed by atoms with Gasteiger partial charge in [-0.1, -0.05) is 48.3 Å². The Balaban J connectivity index is 2.25. The van der Waals surface area contributed by atoms with Gasteiger partial charge in [0.2, 0.25) is 5.91 Å². The average molecular weight is 317 g/mol. The van der Waals surface area contributed by atoms with Crippen LogP contribution in [0.25, 0.3) is 0 Å². The predicted octanol–water partition coefficient (Wildman–Crippen LogP) is 3.78. The number of anilines is 1. The molecule has 1 aromatic rings. The molecule has 0 heterocycles. The summed E-state index contributed by atoms with van der Waals surface area (Å²) in [5.41, 5.74) is 5.51. The number of carbonyl (C=O) groups excluding carboxylic acids is 1. The number of hydrogen-bond donors (Lipinski definition) is 2. The predicted molar refractivity (Wildman–Crippen MR) is 82.8 cm³/mol. The third-order valence-electron chi connectivity index (χ3n) is 3.54. The van der Waals surface area contributed by atoms with Crippen LogP contribution in [0, 0.1) is 5.41 Å². The molecule has 19 heavy (non-hydrogen) atoms. The van der Waals surface area contributed by atoms with Crippen LogP contribution < -0.4 is 11.1 Å². The van der Waals surface area contributed by atoms with E-state index in [9.17, 15) is 4.79 Å². The monoisotopic (exact) mass is 316 g/mol. The SMILES string of the molecule is NC(=S)C1(C(=O)Nc2cc(Cl)ccc2Cl)CCCC1. The molecule has 0 bridgehead atoms. The molecule has 0 saturated heterocycles. The summed E-state index contributed by atoms with van der Waals surface area (Å²) in [6.45, 7) is 0. The van der Waals surface area contributed by atoms with Crippen LogP contribution >= 0.6 is 35.4 Å². The van der Waals surface area contributed by atoms with Gasteiger partial charge in [-0.25, -0.2) is 0 Å². The maximum absolute atomic E-state index is 12.5. The van der Waals surface area contributed by atoms with Crippen molar-refractivity contribution in [2.75, 3.05) is 5.32 Å². The van der Waals surface area contributed by atoms with E-state index in [1.165, 1.54) is 0 Å². The molecule has 0 unspecified atom stereocenters. The first-order valence-electron chi connectivity index (χ1n) is 6.02. The molecule has 102 valence electrons. The summed E-state index contributed by atoms with van der Waals surface area (Å²) < 4.78 is 0. The largest absolute Gasteiger partial charge is 0.392 e. The van der Waals surface area contributed by atoms with Crippen molar-refractivity contribution in [2.24, 2.45) is 11.1 Å². The minimum atomic E-state index is -0.749. The Morgan fingerprint density at radius 3 is 2.53 bits per heavy atom. The number of amides is 1. The zero-order valence-electron chi connectivity index (χ0n) is 10.2. The van der Waals surface area contributed by atoms with Gasteiger partial charge in [0, 0.05) is 5.02 Å². The number of rotatable bonds is 3. The van der Waals surface area contributed by atoms with Gasteiger partial charge < -0.3 is 11.1 Å². The van der Waals surface area contributed by atoms with Gasteiger partial charge in [0.25, 0.3) is 0 Å². The van der Waals surface area contributed by atoms with E-state index in [-0.39, 0.29) is 10.9 Å². The maximum Gasteiger partial charge on any atom is 0.237 e. The number of hydrogen-bond acceptors (Lipinski definition) is 2. The molecule has 1 aromatic carbocycles. The lowest BCUT2D eigenvalue weighted by Gasteiger charge is -2.26. The molecule has 3 nitrogen and oxygen atoms in total. The summed E-state index contributed by atoms with van der Waals surface area (Å²) in [4.78, 5) is 12.7. The molecule has 1 fully saturated rings. The highest BCUT2D eigenvalue weighted by atomic mass is 35.5. The lowest BCUT2D eigenvalue weighted by atomic mass is 9.85. The summed E-state index contributed by atoms with van der Waals surface area (Å²) in [5, 5.41) is 3.74. The Bertz CT molecular complexity index is 527. The highest BCUT2D eigenvalue weighted by Crippen LogP contribution is 2.40. The number of nitrogens with one attached hydrogen (secondary N) is 1. The molecular weight excluding hydrogens is 303 g/mol. The number of benzene rings is 1. The fourth-order valence-corrected chi connectivity index (χ4v) is 3.03. The molecule has 0 atom stereocenters. The number of carbonyl (C=O) groups is 1. The Labute approximate surface area is 127 Å². The van der Waals surface area contributed by atoms with E-state index < -0.39 is 5.41 Å². The van der Waals surface area contributed by atoms with Gasteiger partial charge in [-0.2, -0.15) is 0 Å². The smallest absolute Gasteiger partial charge is 0.237 e. The van der Waals surface area contributed by atoms with Gasteiger partial charge in [0.1, 0.15) is 0 Å². The molecule has 3 N–H and O–H groups in total. The van der Waals surface area contributed by atoms with Crippen LogP contribution in [-0.2, 0) is 4.79 Å². The first-order chi connectivity index (χ1) is 8.95. The molecule has 0 aromatic heterocycles. The van der Waals surface area contributed by atoms with Crippen molar-refractivity contribution in [2.45, 2.75) is 25.7 Å². The van der Waals surface area contributed by atoms with Crippen LogP contribution in [0.5, 0.6) is 0 Å². The molecule has 1 saturated carbocycles. The third-order valence-corrected chi connectivity index (χ3v) is 4.50. The average Bonchev–Trinajstić information content (AvgIpc) is 2.84.